The number of methoxy groups -OCH3 is 1. The molecular weight excluding hydrogens is 335 g/mol. The molecule has 142 valence electrons. The minimum Gasteiger partial charge on any atom is -0.497 e. The number of hydrogen-bond acceptors (Lipinski definition) is 5. The number of piperazine rings is 1. The lowest BCUT2D eigenvalue weighted by molar-refractivity contribution is 0.0493. The van der Waals surface area contributed by atoms with E-state index in [1.165, 1.54) is 18.7 Å². The predicted molar refractivity (Wildman–Crippen MR) is 97.3 cm³/mol. The van der Waals surface area contributed by atoms with Gasteiger partial charge in [0.2, 0.25) is 0 Å². The summed E-state index contributed by atoms with van der Waals surface area (Å²) in [7, 11) is 3.45. The third-order valence-electron chi connectivity index (χ3n) is 4.95. The summed E-state index contributed by atoms with van der Waals surface area (Å²) < 4.78 is 21.2. The van der Waals surface area contributed by atoms with Gasteiger partial charge in [0.1, 0.15) is 11.6 Å². The maximum absolute atomic E-state index is 14.3. The summed E-state index contributed by atoms with van der Waals surface area (Å²) in [6.45, 7) is 4.13. The molecule has 0 radical (unpaired) electrons. The average molecular weight is 362 g/mol. The normalized spacial score (nSPS) is 19.0. The van der Waals surface area contributed by atoms with E-state index >= 15 is 0 Å². The Morgan fingerprint density at radius 2 is 2.15 bits per heavy atom. The number of halogens is 1. The molecule has 0 amide bonds. The highest BCUT2D eigenvalue weighted by molar-refractivity contribution is 5.29. The van der Waals surface area contributed by atoms with Crippen LogP contribution in [0.25, 0.3) is 0 Å². The molecule has 1 N–H and O–H groups in total. The van der Waals surface area contributed by atoms with Gasteiger partial charge in [-0.05, 0) is 12.5 Å². The van der Waals surface area contributed by atoms with Gasteiger partial charge in [-0.2, -0.15) is 5.10 Å². The van der Waals surface area contributed by atoms with Crippen molar-refractivity contribution >= 4 is 0 Å². The van der Waals surface area contributed by atoms with E-state index in [0.717, 1.165) is 26.2 Å². The van der Waals surface area contributed by atoms with E-state index < -0.39 is 0 Å². The first kappa shape index (κ1) is 18.8. The Bertz CT molecular complexity index is 721. The van der Waals surface area contributed by atoms with E-state index in [9.17, 15) is 9.50 Å². The third-order valence-corrected chi connectivity index (χ3v) is 4.95. The Kier molecular flexibility index (Phi) is 6.24. The SMILES string of the molecule is COc1ccc(CN2CCN(Cc3cnn(C)c3)C[C@@H]2CCO)c(F)c1. The van der Waals surface area contributed by atoms with Gasteiger partial charge in [0.05, 0.1) is 13.3 Å². The van der Waals surface area contributed by atoms with Crippen molar-refractivity contribution in [2.75, 3.05) is 33.4 Å². The van der Waals surface area contributed by atoms with Gasteiger partial charge < -0.3 is 9.84 Å². The van der Waals surface area contributed by atoms with Crippen LogP contribution in [-0.4, -0.2) is 64.1 Å². The smallest absolute Gasteiger partial charge is 0.131 e. The van der Waals surface area contributed by atoms with Gasteiger partial charge in [0.25, 0.3) is 0 Å². The average Bonchev–Trinajstić information content (AvgIpc) is 3.03. The van der Waals surface area contributed by atoms with Crippen molar-refractivity contribution in [1.82, 2.24) is 19.6 Å². The van der Waals surface area contributed by atoms with Gasteiger partial charge in [-0.15, -0.1) is 0 Å². The standard InChI is InChI=1S/C19H27FN4O2/c1-22-11-15(10-21-22)12-23-6-7-24(17(14-23)5-8-25)13-16-3-4-18(26-2)9-19(16)20/h3-4,9-11,17,25H,5-8,12-14H2,1-2H3/t17-/m0/s1. The van der Waals surface area contributed by atoms with Gasteiger partial charge in [-0.1, -0.05) is 6.07 Å². The molecular formula is C19H27FN4O2. The van der Waals surface area contributed by atoms with E-state index in [0.29, 0.717) is 24.3 Å². The fourth-order valence-electron chi connectivity index (χ4n) is 3.55. The molecule has 2 heterocycles. The van der Waals surface area contributed by atoms with Crippen molar-refractivity contribution in [1.29, 1.82) is 0 Å². The molecule has 1 fully saturated rings. The van der Waals surface area contributed by atoms with Crippen molar-refractivity contribution in [3.8, 4) is 5.75 Å². The quantitative estimate of drug-likeness (QED) is 0.812. The molecule has 1 aliphatic heterocycles. The van der Waals surface area contributed by atoms with Crippen molar-refractivity contribution in [3.05, 3.63) is 47.5 Å². The van der Waals surface area contributed by atoms with Crippen LogP contribution in [0.5, 0.6) is 5.75 Å². The van der Waals surface area contributed by atoms with Gasteiger partial charge in [0, 0.05) is 75.8 Å². The number of nitrogens with zero attached hydrogens (tertiary/aromatic N) is 4. The lowest BCUT2D eigenvalue weighted by Crippen LogP contribution is -2.52. The molecule has 26 heavy (non-hydrogen) atoms. The monoisotopic (exact) mass is 362 g/mol. The summed E-state index contributed by atoms with van der Waals surface area (Å²) in [4.78, 5) is 4.64. The maximum atomic E-state index is 14.3. The number of aliphatic hydroxyl groups excluding tert-OH is 1. The molecule has 7 heteroatoms. The molecule has 6 nitrogen and oxygen atoms in total. The highest BCUT2D eigenvalue weighted by atomic mass is 19.1. The molecule has 0 aliphatic carbocycles. The van der Waals surface area contributed by atoms with Crippen LogP contribution in [0.2, 0.25) is 0 Å². The highest BCUT2D eigenvalue weighted by Gasteiger charge is 2.27. The zero-order valence-corrected chi connectivity index (χ0v) is 15.4. The Morgan fingerprint density at radius 1 is 1.31 bits per heavy atom. The van der Waals surface area contributed by atoms with Crippen LogP contribution < -0.4 is 4.74 Å². The maximum Gasteiger partial charge on any atom is 0.131 e. The molecule has 0 unspecified atom stereocenters. The van der Waals surface area contributed by atoms with E-state index in [1.807, 2.05) is 24.1 Å². The summed E-state index contributed by atoms with van der Waals surface area (Å²) in [6.07, 6.45) is 4.60. The van der Waals surface area contributed by atoms with Crippen molar-refractivity contribution in [2.24, 2.45) is 7.05 Å². The largest absolute Gasteiger partial charge is 0.497 e. The van der Waals surface area contributed by atoms with Gasteiger partial charge in [-0.3, -0.25) is 14.5 Å². The predicted octanol–water partition coefficient (Wildman–Crippen LogP) is 1.64. The first-order chi connectivity index (χ1) is 12.6. The molecule has 1 aromatic carbocycles. The van der Waals surface area contributed by atoms with Crippen LogP contribution >= 0.6 is 0 Å². The Hall–Kier alpha value is -1.96. The van der Waals surface area contributed by atoms with Crippen molar-refractivity contribution < 1.29 is 14.2 Å². The van der Waals surface area contributed by atoms with Gasteiger partial charge >= 0.3 is 0 Å². The van der Waals surface area contributed by atoms with Crippen LogP contribution in [0.3, 0.4) is 0 Å². The van der Waals surface area contributed by atoms with Crippen LogP contribution in [0.1, 0.15) is 17.5 Å². The zero-order valence-electron chi connectivity index (χ0n) is 15.4. The van der Waals surface area contributed by atoms with Crippen molar-refractivity contribution in [2.45, 2.75) is 25.6 Å². The molecule has 0 spiro atoms. The lowest BCUT2D eigenvalue weighted by Gasteiger charge is -2.41. The Labute approximate surface area is 153 Å². The van der Waals surface area contributed by atoms with E-state index in [2.05, 4.69) is 14.9 Å². The summed E-state index contributed by atoms with van der Waals surface area (Å²) in [5, 5.41) is 13.7. The summed E-state index contributed by atoms with van der Waals surface area (Å²) in [5.41, 5.74) is 1.85. The van der Waals surface area contributed by atoms with Crippen molar-refractivity contribution in [3.63, 3.8) is 0 Å². The fraction of sp³-hybridized carbons (Fsp3) is 0.526. The fourth-order valence-corrected chi connectivity index (χ4v) is 3.55. The van der Waals surface area contributed by atoms with Crippen LogP contribution in [0.4, 0.5) is 4.39 Å². The van der Waals surface area contributed by atoms with E-state index in [-0.39, 0.29) is 18.5 Å². The number of ether oxygens (including phenoxy) is 1. The summed E-state index contributed by atoms with van der Waals surface area (Å²) >= 11 is 0. The minimum atomic E-state index is -0.245. The van der Waals surface area contributed by atoms with Gasteiger partial charge in [-0.25, -0.2) is 4.39 Å². The third kappa shape index (κ3) is 4.60. The van der Waals surface area contributed by atoms with Gasteiger partial charge in [0.15, 0.2) is 0 Å². The molecule has 0 bridgehead atoms. The topological polar surface area (TPSA) is 53.8 Å². The number of hydrogen-bond donors (Lipinski definition) is 1. The Balaban J connectivity index is 1.64. The number of aliphatic hydroxyl groups is 1. The van der Waals surface area contributed by atoms with Crippen LogP contribution in [0.15, 0.2) is 30.6 Å². The molecule has 1 aliphatic rings. The molecule has 1 aromatic heterocycles. The second-order valence-corrected chi connectivity index (χ2v) is 6.85. The van der Waals surface area contributed by atoms with E-state index in [1.54, 1.807) is 12.1 Å². The minimum absolute atomic E-state index is 0.132. The number of benzene rings is 1. The summed E-state index contributed by atoms with van der Waals surface area (Å²) in [6, 6.07) is 5.20. The molecule has 2 aromatic rings. The molecule has 1 atom stereocenters. The number of aromatic nitrogens is 2. The number of rotatable bonds is 7. The first-order valence-electron chi connectivity index (χ1n) is 8.96. The zero-order chi connectivity index (χ0) is 18.5. The molecule has 0 saturated carbocycles. The van der Waals surface area contributed by atoms with E-state index in [4.69, 9.17) is 4.74 Å². The second kappa shape index (κ2) is 8.62. The molecule has 1 saturated heterocycles. The summed E-state index contributed by atoms with van der Waals surface area (Å²) in [5.74, 6) is 0.282. The molecule has 3 rings (SSSR count). The Morgan fingerprint density at radius 3 is 2.81 bits per heavy atom. The second-order valence-electron chi connectivity index (χ2n) is 6.85. The number of aryl methyl sites for hydroxylation is 1. The highest BCUT2D eigenvalue weighted by Crippen LogP contribution is 2.22. The lowest BCUT2D eigenvalue weighted by atomic mass is 10.1. The first-order valence-corrected chi connectivity index (χ1v) is 8.96. The van der Waals surface area contributed by atoms with Crippen LogP contribution in [-0.2, 0) is 20.1 Å². The van der Waals surface area contributed by atoms with Crippen LogP contribution in [0, 0.1) is 5.82 Å².